The normalized spacial score (nSPS) is 11.5. The molecule has 1 aromatic carbocycles. The van der Waals surface area contributed by atoms with Crippen molar-refractivity contribution in [2.45, 2.75) is 33.1 Å². The predicted molar refractivity (Wildman–Crippen MR) is 64.4 cm³/mol. The highest BCUT2D eigenvalue weighted by Gasteiger charge is 2.14. The Labute approximate surface area is 92.4 Å². The molecule has 0 atom stereocenters. The van der Waals surface area contributed by atoms with Crippen LogP contribution < -0.4 is 10.5 Å². The Morgan fingerprint density at radius 1 is 1.27 bits per heavy atom. The molecule has 0 aliphatic rings. The molecule has 2 N–H and O–H groups in total. The quantitative estimate of drug-likeness (QED) is 0.827. The fourth-order valence-corrected chi connectivity index (χ4v) is 1.45. The molecule has 0 bridgehead atoms. The van der Waals surface area contributed by atoms with Gasteiger partial charge in [-0.2, -0.15) is 0 Å². The smallest absolute Gasteiger partial charge is 0.122 e. The molecule has 84 valence electrons. The zero-order chi connectivity index (χ0) is 11.5. The zero-order valence-electron chi connectivity index (χ0n) is 10.1. The van der Waals surface area contributed by atoms with Crippen molar-refractivity contribution in [1.82, 2.24) is 0 Å². The van der Waals surface area contributed by atoms with E-state index in [2.05, 4.69) is 39.8 Å². The van der Waals surface area contributed by atoms with Crippen LogP contribution in [0.15, 0.2) is 18.2 Å². The molecule has 1 rings (SSSR count). The molecule has 0 aliphatic carbocycles. The van der Waals surface area contributed by atoms with Gasteiger partial charge in [-0.1, -0.05) is 32.9 Å². The van der Waals surface area contributed by atoms with Gasteiger partial charge in [-0.15, -0.1) is 0 Å². The number of hydrogen-bond acceptors (Lipinski definition) is 2. The van der Waals surface area contributed by atoms with Gasteiger partial charge in [-0.05, 0) is 29.5 Å². The largest absolute Gasteiger partial charge is 0.492 e. The lowest BCUT2D eigenvalue weighted by molar-refractivity contribution is 0.326. The third-order valence-electron chi connectivity index (χ3n) is 2.42. The first kappa shape index (κ1) is 12.1. The molecule has 0 spiro atoms. The molecule has 0 radical (unpaired) electrons. The Morgan fingerprint density at radius 2 is 1.93 bits per heavy atom. The molecule has 0 saturated carbocycles. The van der Waals surface area contributed by atoms with Crippen LogP contribution in [0.4, 0.5) is 0 Å². The second-order valence-corrected chi connectivity index (χ2v) is 4.87. The first-order chi connectivity index (χ1) is 6.95. The van der Waals surface area contributed by atoms with Crippen molar-refractivity contribution in [3.63, 3.8) is 0 Å². The van der Waals surface area contributed by atoms with E-state index in [1.165, 1.54) is 11.1 Å². The third kappa shape index (κ3) is 3.24. The van der Waals surface area contributed by atoms with Gasteiger partial charge in [0.1, 0.15) is 12.4 Å². The lowest BCUT2D eigenvalue weighted by Gasteiger charge is -2.20. The van der Waals surface area contributed by atoms with Crippen LogP contribution in [0.5, 0.6) is 5.75 Å². The summed E-state index contributed by atoms with van der Waals surface area (Å²) in [6, 6.07) is 6.34. The van der Waals surface area contributed by atoms with Gasteiger partial charge in [0.05, 0.1) is 0 Å². The highest BCUT2D eigenvalue weighted by atomic mass is 16.5. The number of nitrogens with two attached hydrogens (primary N) is 1. The van der Waals surface area contributed by atoms with E-state index < -0.39 is 0 Å². The molecule has 0 saturated heterocycles. The predicted octanol–water partition coefficient (Wildman–Crippen LogP) is 2.63. The molecule has 0 aliphatic heterocycles. The fourth-order valence-electron chi connectivity index (χ4n) is 1.45. The Balaban J connectivity index is 2.88. The number of rotatable bonds is 3. The maximum Gasteiger partial charge on any atom is 0.122 e. The summed E-state index contributed by atoms with van der Waals surface area (Å²) in [6.45, 7) is 9.84. The van der Waals surface area contributed by atoms with Gasteiger partial charge < -0.3 is 10.5 Å². The van der Waals surface area contributed by atoms with Crippen LogP contribution in [-0.4, -0.2) is 13.2 Å². The molecule has 0 fully saturated rings. The molecule has 0 unspecified atom stereocenters. The summed E-state index contributed by atoms with van der Waals surface area (Å²) in [4.78, 5) is 0. The minimum atomic E-state index is 0.192. The van der Waals surface area contributed by atoms with Gasteiger partial charge in [0.15, 0.2) is 0 Å². The zero-order valence-corrected chi connectivity index (χ0v) is 10.1. The van der Waals surface area contributed by atoms with Crippen LogP contribution in [0.1, 0.15) is 31.9 Å². The van der Waals surface area contributed by atoms with Gasteiger partial charge in [0.25, 0.3) is 0 Å². The summed E-state index contributed by atoms with van der Waals surface area (Å²) in [5.74, 6) is 0.938. The van der Waals surface area contributed by atoms with Crippen LogP contribution in [0, 0.1) is 6.92 Å². The molecule has 15 heavy (non-hydrogen) atoms. The van der Waals surface area contributed by atoms with E-state index in [0.717, 1.165) is 5.75 Å². The number of hydrogen-bond donors (Lipinski definition) is 1. The monoisotopic (exact) mass is 207 g/mol. The van der Waals surface area contributed by atoms with Crippen molar-refractivity contribution >= 4 is 0 Å². The molecule has 0 aromatic heterocycles. The Morgan fingerprint density at radius 3 is 2.40 bits per heavy atom. The maximum atomic E-state index is 5.53. The highest BCUT2D eigenvalue weighted by molar-refractivity contribution is 5.38. The molecule has 2 nitrogen and oxygen atoms in total. The average Bonchev–Trinajstić information content (AvgIpc) is 2.14. The highest BCUT2D eigenvalue weighted by Crippen LogP contribution is 2.27. The van der Waals surface area contributed by atoms with E-state index in [0.29, 0.717) is 13.2 Å². The van der Waals surface area contributed by atoms with Crippen LogP contribution in [-0.2, 0) is 5.41 Å². The lowest BCUT2D eigenvalue weighted by atomic mass is 9.86. The number of aryl methyl sites for hydroxylation is 1. The minimum Gasteiger partial charge on any atom is -0.492 e. The second-order valence-electron chi connectivity index (χ2n) is 4.87. The van der Waals surface area contributed by atoms with E-state index in [1.54, 1.807) is 0 Å². The van der Waals surface area contributed by atoms with Gasteiger partial charge in [0.2, 0.25) is 0 Å². The summed E-state index contributed by atoms with van der Waals surface area (Å²) < 4.78 is 5.53. The van der Waals surface area contributed by atoms with Gasteiger partial charge in [-0.3, -0.25) is 0 Å². The van der Waals surface area contributed by atoms with Gasteiger partial charge in [0, 0.05) is 6.54 Å². The number of ether oxygens (including phenoxy) is 1. The van der Waals surface area contributed by atoms with Crippen LogP contribution >= 0.6 is 0 Å². The van der Waals surface area contributed by atoms with E-state index >= 15 is 0 Å². The summed E-state index contributed by atoms with van der Waals surface area (Å²) in [6.07, 6.45) is 0. The van der Waals surface area contributed by atoms with Crippen molar-refractivity contribution in [1.29, 1.82) is 0 Å². The Bertz CT molecular complexity index is 326. The average molecular weight is 207 g/mol. The summed E-state index contributed by atoms with van der Waals surface area (Å²) >= 11 is 0. The first-order valence-electron chi connectivity index (χ1n) is 5.39. The van der Waals surface area contributed by atoms with E-state index in [4.69, 9.17) is 10.5 Å². The molecular formula is C13H21NO. The molecule has 1 aromatic rings. The van der Waals surface area contributed by atoms with Gasteiger partial charge in [-0.25, -0.2) is 0 Å². The third-order valence-corrected chi connectivity index (χ3v) is 2.42. The fraction of sp³-hybridized carbons (Fsp3) is 0.538. The van der Waals surface area contributed by atoms with Gasteiger partial charge >= 0.3 is 0 Å². The van der Waals surface area contributed by atoms with Crippen molar-refractivity contribution in [2.75, 3.05) is 13.2 Å². The van der Waals surface area contributed by atoms with Crippen LogP contribution in [0.3, 0.4) is 0 Å². The standard InChI is InChI=1S/C13H21NO/c1-10-9-11(13(2,3)4)5-6-12(10)15-8-7-14/h5-6,9H,7-8,14H2,1-4H3. The van der Waals surface area contributed by atoms with Crippen molar-refractivity contribution in [3.05, 3.63) is 29.3 Å². The Kier molecular flexibility index (Phi) is 3.75. The van der Waals surface area contributed by atoms with Crippen LogP contribution in [0.2, 0.25) is 0 Å². The lowest BCUT2D eigenvalue weighted by Crippen LogP contribution is -2.13. The second kappa shape index (κ2) is 4.67. The number of benzene rings is 1. The summed E-state index contributed by atoms with van der Waals surface area (Å²) in [5.41, 5.74) is 8.10. The molecule has 2 heteroatoms. The van der Waals surface area contributed by atoms with Crippen molar-refractivity contribution < 1.29 is 4.74 Å². The van der Waals surface area contributed by atoms with Crippen molar-refractivity contribution in [2.24, 2.45) is 5.73 Å². The summed E-state index contributed by atoms with van der Waals surface area (Å²) in [7, 11) is 0. The Hall–Kier alpha value is -1.02. The molecular weight excluding hydrogens is 186 g/mol. The van der Waals surface area contributed by atoms with Crippen LogP contribution in [0.25, 0.3) is 0 Å². The SMILES string of the molecule is Cc1cc(C(C)(C)C)ccc1OCCN. The topological polar surface area (TPSA) is 35.2 Å². The molecule has 0 heterocycles. The van der Waals surface area contributed by atoms with Crippen molar-refractivity contribution in [3.8, 4) is 5.75 Å². The minimum absolute atomic E-state index is 0.192. The first-order valence-corrected chi connectivity index (χ1v) is 5.39. The summed E-state index contributed by atoms with van der Waals surface area (Å²) in [5, 5.41) is 0. The van der Waals surface area contributed by atoms with E-state index in [-0.39, 0.29) is 5.41 Å². The van der Waals surface area contributed by atoms with E-state index in [9.17, 15) is 0 Å². The maximum absolute atomic E-state index is 5.53. The molecule has 0 amide bonds. The van der Waals surface area contributed by atoms with E-state index in [1.807, 2.05) is 6.07 Å².